The molecule has 0 aromatic heterocycles. The van der Waals surface area contributed by atoms with Crippen LogP contribution in [0.25, 0.3) is 0 Å². The molecule has 0 radical (unpaired) electrons. The highest BCUT2D eigenvalue weighted by Gasteiger charge is 2.28. The Labute approximate surface area is 153 Å². The monoisotopic (exact) mass is 401 g/mol. The van der Waals surface area contributed by atoms with E-state index < -0.39 is 5.97 Å². The number of rotatable bonds is 5. The second-order valence-corrected chi connectivity index (χ2v) is 6.69. The van der Waals surface area contributed by atoms with E-state index in [1.54, 1.807) is 24.3 Å². The second-order valence-electron chi connectivity index (χ2n) is 5.77. The Balaban J connectivity index is 1.57. The number of carbonyl (C=O) groups excluding carboxylic acids is 3. The van der Waals surface area contributed by atoms with Gasteiger partial charge in [-0.15, -0.1) is 0 Å². The van der Waals surface area contributed by atoms with Gasteiger partial charge in [0.25, 0.3) is 0 Å². The normalized spacial score (nSPS) is 14.0. The van der Waals surface area contributed by atoms with Crippen LogP contribution in [0.4, 0.5) is 0 Å². The van der Waals surface area contributed by atoms with Gasteiger partial charge >= 0.3 is 5.97 Å². The fourth-order valence-corrected chi connectivity index (χ4v) is 2.81. The first-order chi connectivity index (χ1) is 12.0. The van der Waals surface area contributed by atoms with Crippen molar-refractivity contribution in [3.63, 3.8) is 0 Å². The number of hydrogen-bond donors (Lipinski definition) is 0. The van der Waals surface area contributed by atoms with Gasteiger partial charge in [0.05, 0.1) is 12.1 Å². The van der Waals surface area contributed by atoms with Gasteiger partial charge in [-0.3, -0.25) is 14.5 Å². The van der Waals surface area contributed by atoms with E-state index in [9.17, 15) is 14.4 Å². The number of ether oxygens (including phenoxy) is 1. The lowest BCUT2D eigenvalue weighted by molar-refractivity contribution is -0.139. The summed E-state index contributed by atoms with van der Waals surface area (Å²) in [7, 11) is 0. The summed E-state index contributed by atoms with van der Waals surface area (Å²) in [5.41, 5.74) is 2.13. The van der Waals surface area contributed by atoms with Gasteiger partial charge in [0, 0.05) is 17.3 Å². The molecule has 2 amide bonds. The summed E-state index contributed by atoms with van der Waals surface area (Å²) >= 11 is 3.35. The summed E-state index contributed by atoms with van der Waals surface area (Å²) < 4.78 is 6.25. The van der Waals surface area contributed by atoms with Crippen molar-refractivity contribution in [1.29, 1.82) is 0 Å². The quantitative estimate of drug-likeness (QED) is 0.568. The minimum atomic E-state index is -0.414. The fourth-order valence-electron chi connectivity index (χ4n) is 2.54. The van der Waals surface area contributed by atoms with Crippen LogP contribution in [0.5, 0.6) is 0 Å². The van der Waals surface area contributed by atoms with E-state index in [0.717, 1.165) is 15.6 Å². The molecule has 1 saturated heterocycles. The molecule has 1 fully saturated rings. The molecular formula is C19H16BrNO4. The van der Waals surface area contributed by atoms with Gasteiger partial charge in [0.1, 0.15) is 6.61 Å². The Bertz CT molecular complexity index is 783. The van der Waals surface area contributed by atoms with Crippen molar-refractivity contribution >= 4 is 33.7 Å². The highest BCUT2D eigenvalue weighted by atomic mass is 79.9. The highest BCUT2D eigenvalue weighted by Crippen LogP contribution is 2.17. The topological polar surface area (TPSA) is 63.7 Å². The number of nitrogens with zero attached hydrogens (tertiary/aromatic N) is 1. The van der Waals surface area contributed by atoms with E-state index in [1.807, 2.05) is 24.3 Å². The molecule has 0 unspecified atom stereocenters. The van der Waals surface area contributed by atoms with Crippen LogP contribution in [-0.4, -0.2) is 22.7 Å². The Morgan fingerprint density at radius 1 is 0.920 bits per heavy atom. The second kappa shape index (κ2) is 7.61. The maximum absolute atomic E-state index is 12.1. The number of esters is 1. The number of imide groups is 1. The van der Waals surface area contributed by atoms with E-state index in [0.29, 0.717) is 5.56 Å². The van der Waals surface area contributed by atoms with E-state index in [4.69, 9.17) is 4.74 Å². The predicted molar refractivity (Wildman–Crippen MR) is 94.5 cm³/mol. The zero-order valence-electron chi connectivity index (χ0n) is 13.4. The van der Waals surface area contributed by atoms with Gasteiger partial charge < -0.3 is 4.74 Å². The third kappa shape index (κ3) is 4.33. The summed E-state index contributed by atoms with van der Waals surface area (Å²) in [6.07, 6.45) is 0.554. The predicted octanol–water partition coefficient (Wildman–Crippen LogP) is 3.46. The molecule has 6 heteroatoms. The molecule has 3 rings (SSSR count). The van der Waals surface area contributed by atoms with Crippen LogP contribution in [0.1, 0.15) is 34.3 Å². The molecule has 0 aliphatic carbocycles. The van der Waals surface area contributed by atoms with Gasteiger partial charge in [-0.1, -0.05) is 40.2 Å². The van der Waals surface area contributed by atoms with Crippen molar-refractivity contribution in [3.05, 3.63) is 69.7 Å². The third-order valence-electron chi connectivity index (χ3n) is 3.97. The maximum Gasteiger partial charge on any atom is 0.338 e. The third-order valence-corrected chi connectivity index (χ3v) is 4.50. The summed E-state index contributed by atoms with van der Waals surface area (Å²) in [4.78, 5) is 36.6. The van der Waals surface area contributed by atoms with Gasteiger partial charge in [0.15, 0.2) is 0 Å². The van der Waals surface area contributed by atoms with Crippen LogP contribution < -0.4 is 0 Å². The Morgan fingerprint density at radius 3 is 2.08 bits per heavy atom. The van der Waals surface area contributed by atoms with Crippen LogP contribution >= 0.6 is 15.9 Å². The Kier molecular flexibility index (Phi) is 5.28. The molecule has 0 bridgehead atoms. The molecule has 0 saturated carbocycles. The van der Waals surface area contributed by atoms with Crippen LogP contribution in [-0.2, 0) is 27.5 Å². The van der Waals surface area contributed by atoms with Crippen molar-refractivity contribution < 1.29 is 19.1 Å². The lowest BCUT2D eigenvalue weighted by Crippen LogP contribution is -2.28. The SMILES string of the molecule is O=C(OCc1ccc(Br)cc1)c1ccc(CN2C(=O)CCC2=O)cc1. The van der Waals surface area contributed by atoms with Gasteiger partial charge in [-0.25, -0.2) is 4.79 Å². The number of hydrogen-bond acceptors (Lipinski definition) is 4. The largest absolute Gasteiger partial charge is 0.457 e. The number of halogens is 1. The minimum Gasteiger partial charge on any atom is -0.457 e. The van der Waals surface area contributed by atoms with Crippen molar-refractivity contribution in [3.8, 4) is 0 Å². The first-order valence-corrected chi connectivity index (χ1v) is 8.66. The molecule has 0 spiro atoms. The van der Waals surface area contributed by atoms with Crippen molar-refractivity contribution in [2.45, 2.75) is 26.0 Å². The van der Waals surface area contributed by atoms with Gasteiger partial charge in [-0.05, 0) is 35.4 Å². The van der Waals surface area contributed by atoms with Crippen molar-refractivity contribution in [2.24, 2.45) is 0 Å². The van der Waals surface area contributed by atoms with Crippen LogP contribution in [0.2, 0.25) is 0 Å². The first-order valence-electron chi connectivity index (χ1n) is 7.86. The average molecular weight is 402 g/mol. The molecule has 2 aromatic rings. The Hall–Kier alpha value is -2.47. The zero-order valence-corrected chi connectivity index (χ0v) is 15.0. The molecule has 1 aliphatic rings. The minimum absolute atomic E-state index is 0.150. The molecule has 1 heterocycles. The zero-order chi connectivity index (χ0) is 17.8. The van der Waals surface area contributed by atoms with Gasteiger partial charge in [0.2, 0.25) is 11.8 Å². The molecule has 1 aliphatic heterocycles. The summed E-state index contributed by atoms with van der Waals surface area (Å²) in [6, 6.07) is 14.3. The molecule has 5 nitrogen and oxygen atoms in total. The van der Waals surface area contributed by atoms with E-state index in [2.05, 4.69) is 15.9 Å². The molecule has 128 valence electrons. The lowest BCUT2D eigenvalue weighted by Gasteiger charge is -2.13. The van der Waals surface area contributed by atoms with Crippen LogP contribution in [0.3, 0.4) is 0 Å². The fraction of sp³-hybridized carbons (Fsp3) is 0.211. The molecule has 25 heavy (non-hydrogen) atoms. The van der Waals surface area contributed by atoms with Gasteiger partial charge in [-0.2, -0.15) is 0 Å². The highest BCUT2D eigenvalue weighted by molar-refractivity contribution is 9.10. The smallest absolute Gasteiger partial charge is 0.338 e. The van der Waals surface area contributed by atoms with Crippen molar-refractivity contribution in [1.82, 2.24) is 4.90 Å². The average Bonchev–Trinajstić information content (AvgIpc) is 2.93. The maximum atomic E-state index is 12.1. The summed E-state index contributed by atoms with van der Waals surface area (Å²) in [5, 5.41) is 0. The molecule has 0 atom stereocenters. The number of benzene rings is 2. The first kappa shape index (κ1) is 17.4. The number of amides is 2. The van der Waals surface area contributed by atoms with Crippen LogP contribution in [0.15, 0.2) is 53.0 Å². The molecule has 0 N–H and O–H groups in total. The Morgan fingerprint density at radius 2 is 1.48 bits per heavy atom. The van der Waals surface area contributed by atoms with E-state index in [1.165, 1.54) is 4.90 Å². The number of carbonyl (C=O) groups is 3. The molecular weight excluding hydrogens is 386 g/mol. The van der Waals surface area contributed by atoms with Crippen molar-refractivity contribution in [2.75, 3.05) is 0 Å². The van der Waals surface area contributed by atoms with E-state index >= 15 is 0 Å². The summed E-state index contributed by atoms with van der Waals surface area (Å²) in [6.45, 7) is 0.441. The standard InChI is InChI=1S/C19H16BrNO4/c20-16-7-3-14(4-8-16)12-25-19(24)15-5-1-13(2-6-15)11-21-17(22)9-10-18(21)23/h1-8H,9-12H2. The number of likely N-dealkylation sites (tertiary alicyclic amines) is 1. The van der Waals surface area contributed by atoms with Crippen LogP contribution in [0, 0.1) is 0 Å². The summed E-state index contributed by atoms with van der Waals surface area (Å²) in [5.74, 6) is -0.714. The lowest BCUT2D eigenvalue weighted by atomic mass is 10.1. The molecule has 2 aromatic carbocycles. The van der Waals surface area contributed by atoms with E-state index in [-0.39, 0.29) is 37.8 Å².